The molecule has 1 N–H and O–H groups in total. The van der Waals surface area contributed by atoms with E-state index in [1.165, 1.54) is 18.4 Å². The molecular weight excluding hydrogens is 290 g/mol. The molecule has 0 atom stereocenters. The van der Waals surface area contributed by atoms with Gasteiger partial charge in [-0.2, -0.15) is 0 Å². The number of hydrogen-bond donors (Lipinski definition) is 1. The molecule has 0 unspecified atom stereocenters. The highest BCUT2D eigenvalue weighted by Gasteiger charge is 2.20. The Hall–Kier alpha value is -0.540. The minimum Gasteiger partial charge on any atom is -0.489 e. The number of benzene rings is 1. The molecule has 2 rings (SSSR count). The lowest BCUT2D eigenvalue weighted by atomic mass is 10.2. The maximum atomic E-state index is 5.97. The molecule has 0 spiro atoms. The number of rotatable bonds is 7. The van der Waals surface area contributed by atoms with Crippen LogP contribution in [0.5, 0.6) is 5.75 Å². The summed E-state index contributed by atoms with van der Waals surface area (Å²) in [5, 5.41) is 3.52. The molecule has 1 aliphatic rings. The fraction of sp³-hybridized carbons (Fsp3) is 0.600. The second-order valence-electron chi connectivity index (χ2n) is 4.98. The molecule has 2 nitrogen and oxygen atoms in total. The van der Waals surface area contributed by atoms with Crippen molar-refractivity contribution in [2.24, 2.45) is 0 Å². The molecule has 18 heavy (non-hydrogen) atoms. The molecule has 1 saturated carbocycles. The van der Waals surface area contributed by atoms with Crippen molar-refractivity contribution in [3.8, 4) is 5.75 Å². The van der Waals surface area contributed by atoms with E-state index in [4.69, 9.17) is 4.74 Å². The lowest BCUT2D eigenvalue weighted by Crippen LogP contribution is -2.16. The third-order valence-electron chi connectivity index (χ3n) is 3.37. The van der Waals surface area contributed by atoms with Gasteiger partial charge in [-0.15, -0.1) is 0 Å². The standard InChI is InChI=1S/C15H22BrNO/c1-3-13(4-2)18-15-8-5-11(9-14(15)16)10-17-12-6-7-12/h5,8-9,12-13,17H,3-4,6-7,10H2,1-2H3. The predicted molar refractivity (Wildman–Crippen MR) is 79.0 cm³/mol. The van der Waals surface area contributed by atoms with Crippen molar-refractivity contribution in [2.75, 3.05) is 0 Å². The third kappa shape index (κ3) is 3.99. The van der Waals surface area contributed by atoms with E-state index < -0.39 is 0 Å². The van der Waals surface area contributed by atoms with Crippen LogP contribution in [0, 0.1) is 0 Å². The summed E-state index contributed by atoms with van der Waals surface area (Å²) in [5.41, 5.74) is 1.31. The van der Waals surface area contributed by atoms with Crippen molar-refractivity contribution < 1.29 is 4.74 Å². The van der Waals surface area contributed by atoms with Crippen LogP contribution in [-0.4, -0.2) is 12.1 Å². The van der Waals surface area contributed by atoms with E-state index in [0.717, 1.165) is 35.7 Å². The Kier molecular flexibility index (Phi) is 5.07. The monoisotopic (exact) mass is 311 g/mol. The number of ether oxygens (including phenoxy) is 1. The zero-order chi connectivity index (χ0) is 13.0. The molecule has 0 bridgehead atoms. The van der Waals surface area contributed by atoms with E-state index in [9.17, 15) is 0 Å². The highest BCUT2D eigenvalue weighted by molar-refractivity contribution is 9.10. The fourth-order valence-corrected chi connectivity index (χ4v) is 2.45. The van der Waals surface area contributed by atoms with Crippen LogP contribution < -0.4 is 10.1 Å². The molecule has 3 heteroatoms. The van der Waals surface area contributed by atoms with Gasteiger partial charge in [0.25, 0.3) is 0 Å². The first-order chi connectivity index (χ1) is 8.72. The smallest absolute Gasteiger partial charge is 0.133 e. The Morgan fingerprint density at radius 3 is 2.61 bits per heavy atom. The maximum Gasteiger partial charge on any atom is 0.133 e. The molecule has 1 aliphatic carbocycles. The van der Waals surface area contributed by atoms with Crippen LogP contribution in [0.2, 0.25) is 0 Å². The quantitative estimate of drug-likeness (QED) is 0.812. The highest BCUT2D eigenvalue weighted by Crippen LogP contribution is 2.28. The molecule has 0 aliphatic heterocycles. The number of halogens is 1. The Labute approximate surface area is 118 Å². The summed E-state index contributed by atoms with van der Waals surface area (Å²) in [6.07, 6.45) is 5.08. The second-order valence-corrected chi connectivity index (χ2v) is 5.83. The minimum absolute atomic E-state index is 0.316. The van der Waals surface area contributed by atoms with Crippen LogP contribution in [0.1, 0.15) is 45.1 Å². The van der Waals surface area contributed by atoms with E-state index in [1.807, 2.05) is 0 Å². The topological polar surface area (TPSA) is 21.3 Å². The first-order valence-electron chi connectivity index (χ1n) is 6.91. The Bertz CT molecular complexity index is 386. The fourth-order valence-electron chi connectivity index (χ4n) is 1.93. The maximum absolute atomic E-state index is 5.97. The first kappa shape index (κ1) is 13.9. The van der Waals surface area contributed by atoms with Crippen LogP contribution in [0.4, 0.5) is 0 Å². The summed E-state index contributed by atoms with van der Waals surface area (Å²) in [7, 11) is 0. The molecule has 1 fully saturated rings. The van der Waals surface area contributed by atoms with Gasteiger partial charge in [-0.25, -0.2) is 0 Å². The van der Waals surface area contributed by atoms with E-state index in [2.05, 4.69) is 53.3 Å². The van der Waals surface area contributed by atoms with Gasteiger partial charge in [0.15, 0.2) is 0 Å². The Morgan fingerprint density at radius 2 is 2.06 bits per heavy atom. The van der Waals surface area contributed by atoms with Crippen LogP contribution in [0.25, 0.3) is 0 Å². The van der Waals surface area contributed by atoms with Crippen molar-refractivity contribution in [1.29, 1.82) is 0 Å². The van der Waals surface area contributed by atoms with Crippen molar-refractivity contribution in [2.45, 2.75) is 58.2 Å². The summed E-state index contributed by atoms with van der Waals surface area (Å²) in [6, 6.07) is 7.14. The molecule has 0 amide bonds. The average Bonchev–Trinajstić information content (AvgIpc) is 3.19. The van der Waals surface area contributed by atoms with E-state index in [1.54, 1.807) is 0 Å². The average molecular weight is 312 g/mol. The van der Waals surface area contributed by atoms with Gasteiger partial charge in [-0.1, -0.05) is 19.9 Å². The van der Waals surface area contributed by atoms with Gasteiger partial charge in [-0.05, 0) is 59.3 Å². The molecule has 0 radical (unpaired) electrons. The highest BCUT2D eigenvalue weighted by atomic mass is 79.9. The van der Waals surface area contributed by atoms with Gasteiger partial charge >= 0.3 is 0 Å². The zero-order valence-corrected chi connectivity index (χ0v) is 12.8. The van der Waals surface area contributed by atoms with Gasteiger partial charge < -0.3 is 10.1 Å². The van der Waals surface area contributed by atoms with Crippen molar-refractivity contribution in [1.82, 2.24) is 5.32 Å². The van der Waals surface area contributed by atoms with E-state index >= 15 is 0 Å². The number of hydrogen-bond acceptors (Lipinski definition) is 2. The molecule has 0 heterocycles. The molecule has 1 aromatic rings. The van der Waals surface area contributed by atoms with Gasteiger partial charge in [0.1, 0.15) is 5.75 Å². The van der Waals surface area contributed by atoms with Gasteiger partial charge in [0.2, 0.25) is 0 Å². The molecule has 1 aromatic carbocycles. The Balaban J connectivity index is 1.94. The summed E-state index contributed by atoms with van der Waals surface area (Å²) in [6.45, 7) is 5.28. The second kappa shape index (κ2) is 6.58. The summed E-state index contributed by atoms with van der Waals surface area (Å²) in [5.74, 6) is 0.957. The van der Waals surface area contributed by atoms with E-state index in [0.29, 0.717) is 6.10 Å². The minimum atomic E-state index is 0.316. The summed E-state index contributed by atoms with van der Waals surface area (Å²) >= 11 is 3.60. The normalized spacial score (nSPS) is 15.1. The SMILES string of the molecule is CCC(CC)Oc1ccc(CNC2CC2)cc1Br. The predicted octanol–water partition coefficient (Wildman–Crippen LogP) is 4.27. The third-order valence-corrected chi connectivity index (χ3v) is 3.99. The van der Waals surface area contributed by atoms with Crippen LogP contribution in [-0.2, 0) is 6.54 Å². The van der Waals surface area contributed by atoms with E-state index in [-0.39, 0.29) is 0 Å². The number of nitrogens with one attached hydrogen (secondary N) is 1. The van der Waals surface area contributed by atoms with Crippen molar-refractivity contribution in [3.05, 3.63) is 28.2 Å². The lowest BCUT2D eigenvalue weighted by Gasteiger charge is -2.17. The van der Waals surface area contributed by atoms with Crippen LogP contribution >= 0.6 is 15.9 Å². The molecular formula is C15H22BrNO. The van der Waals surface area contributed by atoms with Crippen molar-refractivity contribution in [3.63, 3.8) is 0 Å². The molecule has 100 valence electrons. The van der Waals surface area contributed by atoms with Crippen molar-refractivity contribution >= 4 is 15.9 Å². The van der Waals surface area contributed by atoms with Gasteiger partial charge in [0.05, 0.1) is 10.6 Å². The van der Waals surface area contributed by atoms with Crippen LogP contribution in [0.3, 0.4) is 0 Å². The summed E-state index contributed by atoms with van der Waals surface area (Å²) < 4.78 is 7.03. The van der Waals surface area contributed by atoms with Gasteiger partial charge in [-0.3, -0.25) is 0 Å². The molecule has 0 saturated heterocycles. The Morgan fingerprint density at radius 1 is 1.33 bits per heavy atom. The van der Waals surface area contributed by atoms with Crippen LogP contribution in [0.15, 0.2) is 22.7 Å². The lowest BCUT2D eigenvalue weighted by molar-refractivity contribution is 0.191. The molecule has 0 aromatic heterocycles. The summed E-state index contributed by atoms with van der Waals surface area (Å²) in [4.78, 5) is 0. The zero-order valence-electron chi connectivity index (χ0n) is 11.2. The first-order valence-corrected chi connectivity index (χ1v) is 7.70. The largest absolute Gasteiger partial charge is 0.489 e. The van der Waals surface area contributed by atoms with Gasteiger partial charge in [0, 0.05) is 12.6 Å².